The van der Waals surface area contributed by atoms with Gasteiger partial charge in [-0.25, -0.2) is 4.98 Å². The van der Waals surface area contributed by atoms with Crippen LogP contribution < -0.4 is 11.1 Å². The third-order valence-electron chi connectivity index (χ3n) is 3.65. The molecule has 5 heteroatoms. The predicted octanol–water partition coefficient (Wildman–Crippen LogP) is 2.81. The van der Waals surface area contributed by atoms with Gasteiger partial charge in [0.15, 0.2) is 0 Å². The molecule has 118 valence electrons. The Bertz CT molecular complexity index is 606. The van der Waals surface area contributed by atoms with Gasteiger partial charge in [-0.3, -0.25) is 10.1 Å². The lowest BCUT2D eigenvalue weighted by molar-refractivity contribution is -0.120. The first-order chi connectivity index (χ1) is 10.5. The van der Waals surface area contributed by atoms with Gasteiger partial charge in [-0.05, 0) is 11.5 Å². The molecule has 0 saturated carbocycles. The summed E-state index contributed by atoms with van der Waals surface area (Å²) in [5.74, 6) is 0.596. The Morgan fingerprint density at radius 2 is 1.95 bits per heavy atom. The molecule has 0 saturated heterocycles. The molecule has 0 aliphatic heterocycles. The number of carbonyl (C=O) groups excluding carboxylic acids is 1. The van der Waals surface area contributed by atoms with Crippen LogP contribution >= 0.6 is 0 Å². The number of aromatic nitrogens is 2. The molecular formula is C17H24N4O. The molecule has 2 atom stereocenters. The van der Waals surface area contributed by atoms with Crippen molar-refractivity contribution in [3.8, 4) is 0 Å². The minimum Gasteiger partial charge on any atom is -0.323 e. The summed E-state index contributed by atoms with van der Waals surface area (Å²) < 4.78 is 1.95. The van der Waals surface area contributed by atoms with Gasteiger partial charge in [-0.2, -0.15) is 0 Å². The van der Waals surface area contributed by atoms with Crippen molar-refractivity contribution in [2.45, 2.75) is 33.4 Å². The molecule has 0 fully saturated rings. The number of amides is 1. The number of rotatable bonds is 6. The zero-order chi connectivity index (χ0) is 16.1. The van der Waals surface area contributed by atoms with Gasteiger partial charge in [0.1, 0.15) is 0 Å². The fraction of sp³-hybridized carbons (Fsp3) is 0.412. The second kappa shape index (κ2) is 7.22. The quantitative estimate of drug-likeness (QED) is 0.861. The summed E-state index contributed by atoms with van der Waals surface area (Å²) in [4.78, 5) is 16.6. The van der Waals surface area contributed by atoms with E-state index in [0.717, 1.165) is 12.1 Å². The maximum atomic E-state index is 12.4. The Balaban J connectivity index is 2.04. The zero-order valence-electron chi connectivity index (χ0n) is 13.4. The Labute approximate surface area is 131 Å². The van der Waals surface area contributed by atoms with Crippen molar-refractivity contribution in [2.75, 3.05) is 5.32 Å². The monoisotopic (exact) mass is 300 g/mol. The maximum absolute atomic E-state index is 12.4. The molecule has 22 heavy (non-hydrogen) atoms. The number of carbonyl (C=O) groups is 1. The lowest BCUT2D eigenvalue weighted by Gasteiger charge is -2.20. The van der Waals surface area contributed by atoms with Gasteiger partial charge in [-0.1, -0.05) is 51.1 Å². The number of nitrogens with two attached hydrogens (primary N) is 1. The first-order valence-corrected chi connectivity index (χ1v) is 7.61. The van der Waals surface area contributed by atoms with Crippen LogP contribution in [0.15, 0.2) is 42.7 Å². The van der Waals surface area contributed by atoms with E-state index < -0.39 is 0 Å². The molecule has 5 nitrogen and oxygen atoms in total. The van der Waals surface area contributed by atoms with E-state index in [0.29, 0.717) is 11.9 Å². The van der Waals surface area contributed by atoms with Crippen LogP contribution in [0.2, 0.25) is 0 Å². The fourth-order valence-corrected chi connectivity index (χ4v) is 2.33. The van der Waals surface area contributed by atoms with Crippen LogP contribution in [0.1, 0.15) is 32.4 Å². The average molecular weight is 300 g/mol. The van der Waals surface area contributed by atoms with Crippen LogP contribution in [0.25, 0.3) is 0 Å². The van der Waals surface area contributed by atoms with Crippen molar-refractivity contribution in [3.05, 3.63) is 48.3 Å². The van der Waals surface area contributed by atoms with Crippen molar-refractivity contribution >= 4 is 11.9 Å². The first kappa shape index (κ1) is 16.2. The highest BCUT2D eigenvalue weighted by Crippen LogP contribution is 2.20. The van der Waals surface area contributed by atoms with Crippen LogP contribution in [-0.4, -0.2) is 15.5 Å². The van der Waals surface area contributed by atoms with Crippen molar-refractivity contribution in [1.82, 2.24) is 9.55 Å². The number of anilines is 1. The molecular weight excluding hydrogens is 276 g/mol. The Morgan fingerprint density at radius 3 is 2.59 bits per heavy atom. The highest BCUT2D eigenvalue weighted by atomic mass is 16.2. The number of imidazole rings is 1. The second-order valence-electron chi connectivity index (χ2n) is 6.01. The maximum Gasteiger partial charge on any atom is 0.231 e. The van der Waals surface area contributed by atoms with E-state index >= 15 is 0 Å². The SMILES string of the molecule is CC(C)Cn1ccnc1NC(=O)C(C)C(N)c1ccccc1. The summed E-state index contributed by atoms with van der Waals surface area (Å²) in [5, 5.41) is 2.88. The lowest BCUT2D eigenvalue weighted by Crippen LogP contribution is -2.31. The van der Waals surface area contributed by atoms with Gasteiger partial charge >= 0.3 is 0 Å². The number of nitrogens with zero attached hydrogens (tertiary/aromatic N) is 2. The van der Waals surface area contributed by atoms with Gasteiger partial charge in [0.2, 0.25) is 11.9 Å². The molecule has 0 aliphatic carbocycles. The molecule has 2 unspecified atom stereocenters. The fourth-order valence-electron chi connectivity index (χ4n) is 2.33. The molecule has 0 bridgehead atoms. The van der Waals surface area contributed by atoms with Crippen LogP contribution in [0.4, 0.5) is 5.95 Å². The summed E-state index contributed by atoms with van der Waals surface area (Å²) in [6.07, 6.45) is 3.57. The molecule has 0 radical (unpaired) electrons. The van der Waals surface area contributed by atoms with E-state index in [1.54, 1.807) is 6.20 Å². The van der Waals surface area contributed by atoms with Gasteiger partial charge in [-0.15, -0.1) is 0 Å². The summed E-state index contributed by atoms with van der Waals surface area (Å²) in [5.41, 5.74) is 7.15. The van der Waals surface area contributed by atoms with Crippen LogP contribution in [0, 0.1) is 11.8 Å². The van der Waals surface area contributed by atoms with Crippen LogP contribution in [-0.2, 0) is 11.3 Å². The van der Waals surface area contributed by atoms with E-state index in [9.17, 15) is 4.79 Å². The largest absolute Gasteiger partial charge is 0.323 e. The zero-order valence-corrected chi connectivity index (χ0v) is 13.4. The van der Waals surface area contributed by atoms with Crippen molar-refractivity contribution in [2.24, 2.45) is 17.6 Å². The van der Waals surface area contributed by atoms with Gasteiger partial charge < -0.3 is 10.3 Å². The average Bonchev–Trinajstić information content (AvgIpc) is 2.92. The van der Waals surface area contributed by atoms with Crippen LogP contribution in [0.5, 0.6) is 0 Å². The summed E-state index contributed by atoms with van der Waals surface area (Å²) >= 11 is 0. The molecule has 1 heterocycles. The molecule has 0 aliphatic rings. The number of hydrogen-bond acceptors (Lipinski definition) is 3. The summed E-state index contributed by atoms with van der Waals surface area (Å²) in [6.45, 7) is 6.90. The molecule has 1 amide bonds. The van der Waals surface area contributed by atoms with Crippen molar-refractivity contribution < 1.29 is 4.79 Å². The van der Waals surface area contributed by atoms with Crippen molar-refractivity contribution in [3.63, 3.8) is 0 Å². The first-order valence-electron chi connectivity index (χ1n) is 7.61. The van der Waals surface area contributed by atoms with E-state index in [4.69, 9.17) is 5.73 Å². The summed E-state index contributed by atoms with van der Waals surface area (Å²) in [6, 6.07) is 9.32. The molecule has 3 N–H and O–H groups in total. The molecule has 0 spiro atoms. The minimum absolute atomic E-state index is 0.118. The molecule has 2 rings (SSSR count). The number of hydrogen-bond donors (Lipinski definition) is 2. The van der Waals surface area contributed by atoms with Gasteiger partial charge in [0.25, 0.3) is 0 Å². The minimum atomic E-state index is -0.341. The van der Waals surface area contributed by atoms with Crippen LogP contribution in [0.3, 0.4) is 0 Å². The van der Waals surface area contributed by atoms with Gasteiger partial charge in [0.05, 0.1) is 5.92 Å². The smallest absolute Gasteiger partial charge is 0.231 e. The standard InChI is InChI=1S/C17H24N4O/c1-12(2)11-21-10-9-19-17(21)20-16(22)13(3)15(18)14-7-5-4-6-8-14/h4-10,12-13,15H,11,18H2,1-3H3,(H,19,20,22). The van der Waals surface area contributed by atoms with E-state index in [1.807, 2.05) is 48.0 Å². The Kier molecular flexibility index (Phi) is 5.33. The number of nitrogens with one attached hydrogen (secondary N) is 1. The third-order valence-corrected chi connectivity index (χ3v) is 3.65. The van der Waals surface area contributed by atoms with Gasteiger partial charge in [0, 0.05) is 25.0 Å². The highest BCUT2D eigenvalue weighted by Gasteiger charge is 2.23. The van der Waals surface area contributed by atoms with E-state index in [1.165, 1.54) is 0 Å². The predicted molar refractivity (Wildman–Crippen MR) is 88.2 cm³/mol. The third kappa shape index (κ3) is 3.95. The molecule has 1 aromatic heterocycles. The second-order valence-corrected chi connectivity index (χ2v) is 6.01. The van der Waals surface area contributed by atoms with Crippen molar-refractivity contribution in [1.29, 1.82) is 0 Å². The Morgan fingerprint density at radius 1 is 1.27 bits per heavy atom. The van der Waals surface area contributed by atoms with E-state index in [-0.39, 0.29) is 17.9 Å². The molecule has 2 aromatic rings. The Hall–Kier alpha value is -2.14. The lowest BCUT2D eigenvalue weighted by atomic mass is 9.95. The highest BCUT2D eigenvalue weighted by molar-refractivity contribution is 5.91. The normalized spacial score (nSPS) is 13.9. The summed E-state index contributed by atoms with van der Waals surface area (Å²) in [7, 11) is 0. The topological polar surface area (TPSA) is 72.9 Å². The number of benzene rings is 1. The van der Waals surface area contributed by atoms with E-state index in [2.05, 4.69) is 24.1 Å². The molecule has 1 aromatic carbocycles.